The summed E-state index contributed by atoms with van der Waals surface area (Å²) in [7, 11) is 0. The Morgan fingerprint density at radius 2 is 1.83 bits per heavy atom. The molecule has 0 aliphatic carbocycles. The number of guanidine groups is 1. The van der Waals surface area contributed by atoms with E-state index in [9.17, 15) is 5.11 Å². The van der Waals surface area contributed by atoms with Crippen LogP contribution in [0.5, 0.6) is 0 Å². The van der Waals surface area contributed by atoms with Crippen LogP contribution in [0.4, 0.5) is 0 Å². The molecule has 2 aromatic carbocycles. The van der Waals surface area contributed by atoms with Crippen molar-refractivity contribution in [3.63, 3.8) is 0 Å². The fraction of sp³-hybridized carbons (Fsp3) is 0.435. The lowest BCUT2D eigenvalue weighted by Crippen LogP contribution is -2.48. The van der Waals surface area contributed by atoms with Gasteiger partial charge in [0.2, 0.25) is 0 Å². The van der Waals surface area contributed by atoms with Crippen LogP contribution >= 0.6 is 11.6 Å². The van der Waals surface area contributed by atoms with Gasteiger partial charge in [-0.15, -0.1) is 0 Å². The topological polar surface area (TPSA) is 59.9 Å². The highest BCUT2D eigenvalue weighted by molar-refractivity contribution is 6.31. The van der Waals surface area contributed by atoms with Crippen molar-refractivity contribution in [3.8, 4) is 0 Å². The number of aliphatic hydroxyl groups excluding tert-OH is 1. The summed E-state index contributed by atoms with van der Waals surface area (Å²) in [6.45, 7) is 6.23. The second-order valence-corrected chi connectivity index (χ2v) is 7.84. The predicted molar refractivity (Wildman–Crippen MR) is 120 cm³/mol. The maximum atomic E-state index is 10.4. The molecule has 3 N–H and O–H groups in total. The molecule has 1 unspecified atom stereocenters. The summed E-state index contributed by atoms with van der Waals surface area (Å²) < 4.78 is 0. The van der Waals surface area contributed by atoms with E-state index in [4.69, 9.17) is 11.6 Å². The van der Waals surface area contributed by atoms with Gasteiger partial charge >= 0.3 is 0 Å². The summed E-state index contributed by atoms with van der Waals surface area (Å²) in [5, 5.41) is 17.8. The molecule has 1 fully saturated rings. The van der Waals surface area contributed by atoms with Gasteiger partial charge in [-0.1, -0.05) is 60.1 Å². The molecular formula is C23H31ClN4O. The van der Waals surface area contributed by atoms with Crippen LogP contribution in [0, 0.1) is 0 Å². The van der Waals surface area contributed by atoms with Crippen LogP contribution in [-0.2, 0) is 6.54 Å². The fourth-order valence-corrected chi connectivity index (χ4v) is 3.87. The molecule has 3 rings (SSSR count). The summed E-state index contributed by atoms with van der Waals surface area (Å²) >= 11 is 6.18. The number of nitrogens with one attached hydrogen (secondary N) is 2. The second-order valence-electron chi connectivity index (χ2n) is 7.44. The van der Waals surface area contributed by atoms with Crippen LogP contribution in [0.3, 0.4) is 0 Å². The zero-order valence-corrected chi connectivity index (χ0v) is 17.8. The van der Waals surface area contributed by atoms with Crippen LogP contribution in [0.1, 0.15) is 37.0 Å². The van der Waals surface area contributed by atoms with Crippen molar-refractivity contribution in [2.24, 2.45) is 4.99 Å². The molecule has 0 radical (unpaired) electrons. The van der Waals surface area contributed by atoms with Gasteiger partial charge < -0.3 is 15.7 Å². The second kappa shape index (κ2) is 11.2. The van der Waals surface area contributed by atoms with Crippen molar-refractivity contribution in [2.75, 3.05) is 26.2 Å². The van der Waals surface area contributed by atoms with E-state index >= 15 is 0 Å². The minimum Gasteiger partial charge on any atom is -0.386 e. The molecule has 156 valence electrons. The molecule has 5 nitrogen and oxygen atoms in total. The monoisotopic (exact) mass is 414 g/mol. The van der Waals surface area contributed by atoms with Gasteiger partial charge in [-0.25, -0.2) is 0 Å². The van der Waals surface area contributed by atoms with E-state index in [0.29, 0.717) is 16.6 Å². The average molecular weight is 415 g/mol. The Hall–Kier alpha value is -2.08. The number of aliphatic hydroxyl groups is 1. The summed E-state index contributed by atoms with van der Waals surface area (Å²) in [6.07, 6.45) is 1.43. The van der Waals surface area contributed by atoms with Crippen LogP contribution in [0.25, 0.3) is 0 Å². The zero-order chi connectivity index (χ0) is 20.5. The van der Waals surface area contributed by atoms with Crippen LogP contribution < -0.4 is 10.6 Å². The molecule has 0 amide bonds. The van der Waals surface area contributed by atoms with E-state index in [0.717, 1.165) is 45.0 Å². The third kappa shape index (κ3) is 6.74. The normalized spacial score (nSPS) is 17.1. The lowest BCUT2D eigenvalue weighted by atomic mass is 10.0. The Kier molecular flexibility index (Phi) is 8.35. The number of rotatable bonds is 7. The number of hydrogen-bond donors (Lipinski definition) is 3. The molecule has 1 aliphatic rings. The number of hydrogen-bond acceptors (Lipinski definition) is 3. The van der Waals surface area contributed by atoms with Crippen molar-refractivity contribution in [3.05, 3.63) is 70.7 Å². The number of halogens is 1. The molecule has 0 bridgehead atoms. The number of aliphatic imine (C=N–C) groups is 1. The van der Waals surface area contributed by atoms with Gasteiger partial charge in [0.1, 0.15) is 6.10 Å². The maximum Gasteiger partial charge on any atom is 0.191 e. The molecule has 0 spiro atoms. The van der Waals surface area contributed by atoms with Crippen molar-refractivity contribution >= 4 is 17.6 Å². The first kappa shape index (κ1) is 21.6. The minimum atomic E-state index is -0.716. The van der Waals surface area contributed by atoms with Gasteiger partial charge in [0, 0.05) is 42.8 Å². The van der Waals surface area contributed by atoms with Crippen molar-refractivity contribution in [2.45, 2.75) is 38.5 Å². The lowest BCUT2D eigenvalue weighted by Gasteiger charge is -2.33. The Morgan fingerprint density at radius 1 is 1.14 bits per heavy atom. The summed E-state index contributed by atoms with van der Waals surface area (Å²) in [5.74, 6) is 0.750. The van der Waals surface area contributed by atoms with E-state index in [2.05, 4.69) is 50.9 Å². The Balaban J connectivity index is 1.50. The number of benzene rings is 2. The summed E-state index contributed by atoms with van der Waals surface area (Å²) in [5.41, 5.74) is 2.07. The largest absolute Gasteiger partial charge is 0.386 e. The molecule has 1 atom stereocenters. The molecule has 1 saturated heterocycles. The van der Waals surface area contributed by atoms with E-state index in [-0.39, 0.29) is 6.54 Å². The molecule has 6 heteroatoms. The van der Waals surface area contributed by atoms with Crippen molar-refractivity contribution < 1.29 is 5.11 Å². The first-order chi connectivity index (χ1) is 14.2. The molecule has 1 aliphatic heterocycles. The fourth-order valence-electron chi connectivity index (χ4n) is 3.61. The van der Waals surface area contributed by atoms with E-state index in [1.165, 1.54) is 5.56 Å². The molecular weight excluding hydrogens is 384 g/mol. The Labute approximate surface area is 178 Å². The summed E-state index contributed by atoms with van der Waals surface area (Å²) in [4.78, 5) is 7.08. The van der Waals surface area contributed by atoms with Crippen molar-refractivity contribution in [1.29, 1.82) is 0 Å². The highest BCUT2D eigenvalue weighted by Gasteiger charge is 2.20. The van der Waals surface area contributed by atoms with Gasteiger partial charge in [0.05, 0.1) is 6.54 Å². The molecule has 0 aromatic heterocycles. The lowest BCUT2D eigenvalue weighted by molar-refractivity contribution is 0.186. The van der Waals surface area contributed by atoms with Gasteiger partial charge in [-0.3, -0.25) is 9.89 Å². The summed E-state index contributed by atoms with van der Waals surface area (Å²) in [6, 6.07) is 18.4. The maximum absolute atomic E-state index is 10.4. The molecule has 0 saturated carbocycles. The first-order valence-electron chi connectivity index (χ1n) is 10.4. The molecule has 1 heterocycles. The highest BCUT2D eigenvalue weighted by atomic mass is 35.5. The Bertz CT molecular complexity index is 775. The van der Waals surface area contributed by atoms with Gasteiger partial charge in [-0.2, -0.15) is 0 Å². The average Bonchev–Trinajstić information content (AvgIpc) is 2.74. The zero-order valence-electron chi connectivity index (χ0n) is 17.0. The number of likely N-dealkylation sites (tertiary alicyclic amines) is 1. The van der Waals surface area contributed by atoms with Gasteiger partial charge in [-0.05, 0) is 31.4 Å². The minimum absolute atomic E-state index is 0.270. The van der Waals surface area contributed by atoms with Crippen molar-refractivity contribution in [1.82, 2.24) is 15.5 Å². The van der Waals surface area contributed by atoms with Crippen LogP contribution in [0.2, 0.25) is 5.02 Å². The van der Waals surface area contributed by atoms with Crippen LogP contribution in [-0.4, -0.2) is 48.2 Å². The third-order valence-corrected chi connectivity index (χ3v) is 5.55. The van der Waals surface area contributed by atoms with E-state index < -0.39 is 6.10 Å². The Morgan fingerprint density at radius 3 is 2.52 bits per heavy atom. The molecule has 29 heavy (non-hydrogen) atoms. The number of nitrogens with zero attached hydrogens (tertiary/aromatic N) is 2. The quantitative estimate of drug-likeness (QED) is 0.478. The van der Waals surface area contributed by atoms with Gasteiger partial charge in [0.15, 0.2) is 5.96 Å². The third-order valence-electron chi connectivity index (χ3n) is 5.21. The smallest absolute Gasteiger partial charge is 0.191 e. The highest BCUT2D eigenvalue weighted by Crippen LogP contribution is 2.22. The predicted octanol–water partition coefficient (Wildman–Crippen LogP) is 3.59. The molecule has 2 aromatic rings. The van der Waals surface area contributed by atoms with E-state index in [1.807, 2.05) is 25.1 Å². The van der Waals surface area contributed by atoms with E-state index in [1.54, 1.807) is 6.07 Å². The SMILES string of the molecule is CCNC(=NCC(O)c1ccccc1Cl)NC1CCN(Cc2ccccc2)CC1. The first-order valence-corrected chi connectivity index (χ1v) is 10.8. The standard InChI is InChI=1S/C23H31ClN4O/c1-2-25-23(26-16-22(29)20-10-6-7-11-21(20)24)27-19-12-14-28(15-13-19)17-18-8-4-3-5-9-18/h3-11,19,22,29H,2,12-17H2,1H3,(H2,25,26,27). The van der Waals surface area contributed by atoms with Crippen LogP contribution in [0.15, 0.2) is 59.6 Å². The van der Waals surface area contributed by atoms with Gasteiger partial charge in [0.25, 0.3) is 0 Å². The number of piperidine rings is 1.